The molecule has 0 fully saturated rings. The Bertz CT molecular complexity index is 189. The first-order valence-corrected chi connectivity index (χ1v) is 5.85. The van der Waals surface area contributed by atoms with Crippen molar-refractivity contribution in [1.29, 1.82) is 0 Å². The molecule has 0 aliphatic rings. The highest BCUT2D eigenvalue weighted by molar-refractivity contribution is 7.99. The maximum Gasteiger partial charge on any atom is 0.220 e. The van der Waals surface area contributed by atoms with Gasteiger partial charge in [0.2, 0.25) is 5.91 Å². The van der Waals surface area contributed by atoms with Gasteiger partial charge in [-0.3, -0.25) is 4.79 Å². The van der Waals surface area contributed by atoms with Crippen LogP contribution in [0.1, 0.15) is 19.3 Å². The molecule has 0 unspecified atom stereocenters. The van der Waals surface area contributed by atoms with E-state index in [2.05, 4.69) is 11.2 Å². The van der Waals surface area contributed by atoms with Crippen LogP contribution in [0.3, 0.4) is 0 Å². The summed E-state index contributed by atoms with van der Waals surface area (Å²) in [6, 6.07) is 0. The molecule has 0 spiro atoms. The van der Waals surface area contributed by atoms with E-state index in [1.54, 1.807) is 11.8 Å². The number of hydrogen-bond acceptors (Lipinski definition) is 3. The molecule has 0 heterocycles. The van der Waals surface area contributed by atoms with Crippen LogP contribution in [0.15, 0.2) is 0 Å². The van der Waals surface area contributed by atoms with Gasteiger partial charge in [0.25, 0.3) is 0 Å². The van der Waals surface area contributed by atoms with Crippen molar-refractivity contribution in [3.63, 3.8) is 0 Å². The number of unbranched alkanes of at least 4 members (excludes halogenated alkanes) is 1. The Morgan fingerprint density at radius 2 is 2.29 bits per heavy atom. The summed E-state index contributed by atoms with van der Waals surface area (Å²) in [4.78, 5) is 11.1. The van der Waals surface area contributed by atoms with Gasteiger partial charge in [0.1, 0.15) is 0 Å². The second-order valence-electron chi connectivity index (χ2n) is 2.79. The van der Waals surface area contributed by atoms with Gasteiger partial charge in [-0.1, -0.05) is 5.92 Å². The number of aliphatic hydroxyl groups is 1. The summed E-state index contributed by atoms with van der Waals surface area (Å²) in [6.07, 6.45) is 7.01. The summed E-state index contributed by atoms with van der Waals surface area (Å²) in [6.45, 7) is 0.829. The monoisotopic (exact) mass is 215 g/mol. The molecule has 0 saturated heterocycles. The third-order valence-corrected chi connectivity index (χ3v) is 2.43. The van der Waals surface area contributed by atoms with Crippen molar-refractivity contribution < 1.29 is 9.90 Å². The predicted octanol–water partition coefficient (Wildman–Crippen LogP) is 0.632. The smallest absolute Gasteiger partial charge is 0.220 e. The average molecular weight is 215 g/mol. The number of rotatable bonds is 8. The molecule has 3 nitrogen and oxygen atoms in total. The molecular weight excluding hydrogens is 198 g/mol. The Hall–Kier alpha value is -0.660. The number of terminal acetylenes is 1. The van der Waals surface area contributed by atoms with Crippen LogP contribution in [-0.4, -0.2) is 35.7 Å². The average Bonchev–Trinajstić information content (AvgIpc) is 2.18. The molecule has 0 atom stereocenters. The van der Waals surface area contributed by atoms with E-state index in [-0.39, 0.29) is 12.5 Å². The molecule has 0 aliphatic heterocycles. The zero-order valence-electron chi connectivity index (χ0n) is 8.29. The molecule has 0 aromatic carbocycles. The standard InChI is InChI=1S/C10H17NO2S/c1-2-8-14-9-6-11-10(13)5-3-4-7-12/h1,12H,3-9H2,(H,11,13). The van der Waals surface area contributed by atoms with E-state index in [4.69, 9.17) is 11.5 Å². The molecule has 0 aromatic heterocycles. The molecular formula is C10H17NO2S. The van der Waals surface area contributed by atoms with Crippen molar-refractivity contribution in [2.24, 2.45) is 0 Å². The summed E-state index contributed by atoms with van der Waals surface area (Å²) < 4.78 is 0. The first-order chi connectivity index (χ1) is 6.81. The first-order valence-electron chi connectivity index (χ1n) is 4.70. The van der Waals surface area contributed by atoms with Gasteiger partial charge in [-0.15, -0.1) is 18.2 Å². The normalized spacial score (nSPS) is 9.43. The van der Waals surface area contributed by atoms with Crippen LogP contribution >= 0.6 is 11.8 Å². The van der Waals surface area contributed by atoms with Gasteiger partial charge in [0, 0.05) is 25.3 Å². The lowest BCUT2D eigenvalue weighted by Crippen LogP contribution is -2.25. The van der Waals surface area contributed by atoms with E-state index in [0.29, 0.717) is 25.1 Å². The SMILES string of the molecule is C#CCSCCNC(=O)CCCCO. The third kappa shape index (κ3) is 9.43. The topological polar surface area (TPSA) is 49.3 Å². The largest absolute Gasteiger partial charge is 0.396 e. The van der Waals surface area contributed by atoms with Crippen molar-refractivity contribution in [2.45, 2.75) is 19.3 Å². The van der Waals surface area contributed by atoms with Gasteiger partial charge in [-0.25, -0.2) is 0 Å². The number of nitrogens with one attached hydrogen (secondary N) is 1. The quantitative estimate of drug-likeness (QED) is 0.461. The van der Waals surface area contributed by atoms with Crippen LogP contribution in [0.5, 0.6) is 0 Å². The van der Waals surface area contributed by atoms with E-state index in [1.165, 1.54) is 0 Å². The van der Waals surface area contributed by atoms with Crippen molar-refractivity contribution in [1.82, 2.24) is 5.32 Å². The molecule has 4 heteroatoms. The van der Waals surface area contributed by atoms with Crippen LogP contribution in [0.4, 0.5) is 0 Å². The molecule has 0 aliphatic carbocycles. The van der Waals surface area contributed by atoms with Crippen LogP contribution in [-0.2, 0) is 4.79 Å². The fraction of sp³-hybridized carbons (Fsp3) is 0.700. The minimum Gasteiger partial charge on any atom is -0.396 e. The third-order valence-electron chi connectivity index (χ3n) is 1.57. The second kappa shape index (κ2) is 10.4. The Kier molecular flexibility index (Phi) is 9.93. The number of thioether (sulfide) groups is 1. The van der Waals surface area contributed by atoms with Gasteiger partial charge in [0.15, 0.2) is 0 Å². The van der Waals surface area contributed by atoms with E-state index in [0.717, 1.165) is 12.2 Å². The molecule has 14 heavy (non-hydrogen) atoms. The van der Waals surface area contributed by atoms with Gasteiger partial charge in [-0.2, -0.15) is 0 Å². The molecule has 0 radical (unpaired) electrons. The molecule has 80 valence electrons. The summed E-state index contributed by atoms with van der Waals surface area (Å²) in [7, 11) is 0. The van der Waals surface area contributed by atoms with Crippen molar-refractivity contribution in [3.05, 3.63) is 0 Å². The summed E-state index contributed by atoms with van der Waals surface area (Å²) >= 11 is 1.63. The van der Waals surface area contributed by atoms with E-state index in [9.17, 15) is 4.79 Å². The highest BCUT2D eigenvalue weighted by Crippen LogP contribution is 1.97. The highest BCUT2D eigenvalue weighted by atomic mass is 32.2. The Labute approximate surface area is 89.7 Å². The Balaban J connectivity index is 3.15. The molecule has 0 bridgehead atoms. The van der Waals surface area contributed by atoms with Crippen LogP contribution in [0.25, 0.3) is 0 Å². The number of carbonyl (C=O) groups excluding carboxylic acids is 1. The first kappa shape index (κ1) is 13.3. The molecule has 0 aromatic rings. The maximum absolute atomic E-state index is 11.1. The number of carbonyl (C=O) groups is 1. The van der Waals surface area contributed by atoms with Crippen LogP contribution < -0.4 is 5.32 Å². The van der Waals surface area contributed by atoms with Crippen molar-refractivity contribution in [3.8, 4) is 12.3 Å². The molecule has 0 rings (SSSR count). The minimum absolute atomic E-state index is 0.0553. The summed E-state index contributed by atoms with van der Waals surface area (Å²) in [5, 5.41) is 11.3. The summed E-state index contributed by atoms with van der Waals surface area (Å²) in [5.74, 6) is 4.13. The van der Waals surface area contributed by atoms with Gasteiger partial charge in [0.05, 0.1) is 5.75 Å². The van der Waals surface area contributed by atoms with Crippen molar-refractivity contribution >= 4 is 17.7 Å². The fourth-order valence-electron chi connectivity index (χ4n) is 0.879. The lowest BCUT2D eigenvalue weighted by molar-refractivity contribution is -0.121. The zero-order chi connectivity index (χ0) is 10.6. The predicted molar refractivity (Wildman–Crippen MR) is 60.1 cm³/mol. The van der Waals surface area contributed by atoms with Gasteiger partial charge < -0.3 is 10.4 Å². The Morgan fingerprint density at radius 3 is 2.93 bits per heavy atom. The fourth-order valence-corrected chi connectivity index (χ4v) is 1.39. The Morgan fingerprint density at radius 1 is 1.50 bits per heavy atom. The zero-order valence-corrected chi connectivity index (χ0v) is 9.11. The number of aliphatic hydroxyl groups excluding tert-OH is 1. The second-order valence-corrected chi connectivity index (χ2v) is 3.89. The lowest BCUT2D eigenvalue weighted by Gasteiger charge is -2.03. The molecule has 0 saturated carbocycles. The van der Waals surface area contributed by atoms with Crippen molar-refractivity contribution in [2.75, 3.05) is 24.7 Å². The number of hydrogen-bond donors (Lipinski definition) is 2. The summed E-state index contributed by atoms with van der Waals surface area (Å²) in [5.41, 5.74) is 0. The van der Waals surface area contributed by atoms with Gasteiger partial charge >= 0.3 is 0 Å². The molecule has 1 amide bonds. The van der Waals surface area contributed by atoms with E-state index >= 15 is 0 Å². The van der Waals surface area contributed by atoms with Gasteiger partial charge in [-0.05, 0) is 12.8 Å². The molecule has 2 N–H and O–H groups in total. The number of amides is 1. The maximum atomic E-state index is 11.1. The minimum atomic E-state index is 0.0553. The van der Waals surface area contributed by atoms with Crippen LogP contribution in [0, 0.1) is 12.3 Å². The van der Waals surface area contributed by atoms with Crippen LogP contribution in [0.2, 0.25) is 0 Å². The highest BCUT2D eigenvalue weighted by Gasteiger charge is 1.99. The van der Waals surface area contributed by atoms with E-state index in [1.807, 2.05) is 0 Å². The lowest BCUT2D eigenvalue weighted by atomic mass is 10.2. The van der Waals surface area contributed by atoms with E-state index < -0.39 is 0 Å².